The number of nitrogens with zero attached hydrogens (tertiary/aromatic N) is 3. The highest BCUT2D eigenvalue weighted by Crippen LogP contribution is 2.14. The highest BCUT2D eigenvalue weighted by molar-refractivity contribution is 5.79. The van der Waals surface area contributed by atoms with Crippen molar-refractivity contribution in [2.75, 3.05) is 6.54 Å². The molecule has 0 bridgehead atoms. The molecule has 6 heteroatoms. The molecule has 0 saturated heterocycles. The van der Waals surface area contributed by atoms with Crippen LogP contribution in [0.1, 0.15) is 19.4 Å². The highest BCUT2D eigenvalue weighted by Gasteiger charge is 2.17. The van der Waals surface area contributed by atoms with Gasteiger partial charge in [0.1, 0.15) is 6.54 Å². The first-order valence-electron chi connectivity index (χ1n) is 5.85. The van der Waals surface area contributed by atoms with Crippen molar-refractivity contribution in [2.24, 2.45) is 0 Å². The number of non-ortho nitro benzene ring substituents is 1. The van der Waals surface area contributed by atoms with Gasteiger partial charge in [-0.2, -0.15) is 5.26 Å². The lowest BCUT2D eigenvalue weighted by Gasteiger charge is -2.23. The number of nitro benzene ring substituents is 1. The zero-order valence-electron chi connectivity index (χ0n) is 10.9. The zero-order chi connectivity index (χ0) is 14.4. The summed E-state index contributed by atoms with van der Waals surface area (Å²) in [4.78, 5) is 23.6. The van der Waals surface area contributed by atoms with Crippen molar-refractivity contribution in [1.82, 2.24) is 4.90 Å². The van der Waals surface area contributed by atoms with Crippen molar-refractivity contribution in [3.05, 3.63) is 39.9 Å². The summed E-state index contributed by atoms with van der Waals surface area (Å²) >= 11 is 0. The van der Waals surface area contributed by atoms with Gasteiger partial charge in [-0.15, -0.1) is 0 Å². The molecule has 0 aliphatic heterocycles. The molecule has 0 saturated carbocycles. The average molecular weight is 261 g/mol. The Morgan fingerprint density at radius 2 is 2.21 bits per heavy atom. The molecule has 0 unspecified atom stereocenters. The van der Waals surface area contributed by atoms with E-state index in [9.17, 15) is 14.9 Å². The van der Waals surface area contributed by atoms with Crippen LogP contribution >= 0.6 is 0 Å². The molecule has 1 amide bonds. The smallest absolute Gasteiger partial charge is 0.269 e. The van der Waals surface area contributed by atoms with Crippen LogP contribution in [0.5, 0.6) is 0 Å². The SMILES string of the molecule is CC(C)N(CC#N)C(=O)Cc1cccc([N+](=O)[O-])c1. The first-order chi connectivity index (χ1) is 8.95. The van der Waals surface area contributed by atoms with Gasteiger partial charge in [-0.1, -0.05) is 12.1 Å². The number of nitro groups is 1. The van der Waals surface area contributed by atoms with Gasteiger partial charge in [-0.25, -0.2) is 0 Å². The Balaban J connectivity index is 2.84. The molecule has 0 aliphatic carbocycles. The van der Waals surface area contributed by atoms with E-state index in [-0.39, 0.29) is 30.6 Å². The van der Waals surface area contributed by atoms with E-state index in [0.717, 1.165) is 0 Å². The lowest BCUT2D eigenvalue weighted by molar-refractivity contribution is -0.384. The molecule has 6 nitrogen and oxygen atoms in total. The summed E-state index contributed by atoms with van der Waals surface area (Å²) in [6, 6.07) is 7.83. The Morgan fingerprint density at radius 3 is 2.74 bits per heavy atom. The minimum absolute atomic E-state index is 0.0193. The zero-order valence-corrected chi connectivity index (χ0v) is 10.9. The van der Waals surface area contributed by atoms with Gasteiger partial charge in [0.25, 0.3) is 5.69 Å². The van der Waals surface area contributed by atoms with E-state index in [1.54, 1.807) is 12.1 Å². The van der Waals surface area contributed by atoms with Gasteiger partial charge in [0.05, 0.1) is 17.4 Å². The summed E-state index contributed by atoms with van der Waals surface area (Å²) in [7, 11) is 0. The molecule has 0 spiro atoms. The van der Waals surface area contributed by atoms with Gasteiger partial charge in [0.2, 0.25) is 5.91 Å². The number of benzene rings is 1. The van der Waals surface area contributed by atoms with Gasteiger partial charge in [-0.3, -0.25) is 14.9 Å². The molecule has 1 rings (SSSR count). The molecular formula is C13H15N3O3. The molecule has 0 heterocycles. The quantitative estimate of drug-likeness (QED) is 0.460. The third-order valence-corrected chi connectivity index (χ3v) is 2.66. The molecule has 0 radical (unpaired) electrons. The second-order valence-corrected chi connectivity index (χ2v) is 4.38. The Morgan fingerprint density at radius 1 is 1.53 bits per heavy atom. The van der Waals surface area contributed by atoms with E-state index in [1.807, 2.05) is 19.9 Å². The van der Waals surface area contributed by atoms with E-state index >= 15 is 0 Å². The standard InChI is InChI=1S/C13H15N3O3/c1-10(2)15(7-6-14)13(17)9-11-4-3-5-12(8-11)16(18)19/h3-5,8,10H,7,9H2,1-2H3. The van der Waals surface area contributed by atoms with Crippen LogP contribution < -0.4 is 0 Å². The molecule has 1 aromatic rings. The van der Waals surface area contributed by atoms with E-state index in [4.69, 9.17) is 5.26 Å². The highest BCUT2D eigenvalue weighted by atomic mass is 16.6. The fourth-order valence-corrected chi connectivity index (χ4v) is 1.69. The van der Waals surface area contributed by atoms with Gasteiger partial charge in [-0.05, 0) is 19.4 Å². The van der Waals surface area contributed by atoms with E-state index in [2.05, 4.69) is 0 Å². The first kappa shape index (κ1) is 14.6. The summed E-state index contributed by atoms with van der Waals surface area (Å²) in [5.74, 6) is -0.211. The molecule has 100 valence electrons. The van der Waals surface area contributed by atoms with Crippen molar-refractivity contribution >= 4 is 11.6 Å². The number of hydrogen-bond donors (Lipinski definition) is 0. The Kier molecular flexibility index (Phi) is 5.01. The number of hydrogen-bond acceptors (Lipinski definition) is 4. The molecule has 19 heavy (non-hydrogen) atoms. The third-order valence-electron chi connectivity index (χ3n) is 2.66. The summed E-state index contributed by atoms with van der Waals surface area (Å²) in [5.41, 5.74) is 0.532. The topological polar surface area (TPSA) is 87.2 Å². The van der Waals surface area contributed by atoms with Crippen molar-refractivity contribution in [3.8, 4) is 6.07 Å². The maximum atomic E-state index is 12.0. The van der Waals surface area contributed by atoms with Crippen LogP contribution in [0.2, 0.25) is 0 Å². The lowest BCUT2D eigenvalue weighted by Crippen LogP contribution is -2.38. The average Bonchev–Trinajstić information content (AvgIpc) is 2.35. The maximum Gasteiger partial charge on any atom is 0.269 e. The summed E-state index contributed by atoms with van der Waals surface area (Å²) in [5, 5.41) is 19.3. The van der Waals surface area contributed by atoms with Crippen molar-refractivity contribution < 1.29 is 9.72 Å². The summed E-state index contributed by atoms with van der Waals surface area (Å²) in [6.07, 6.45) is 0.0571. The number of carbonyl (C=O) groups is 1. The third kappa shape index (κ3) is 4.07. The number of carbonyl (C=O) groups excluding carboxylic acids is 1. The van der Waals surface area contributed by atoms with Gasteiger partial charge in [0.15, 0.2) is 0 Å². The summed E-state index contributed by atoms with van der Waals surface area (Å²) in [6.45, 7) is 3.66. The molecule has 0 N–H and O–H groups in total. The predicted octanol–water partition coefficient (Wildman–Crippen LogP) is 1.90. The molecule has 0 atom stereocenters. The molecular weight excluding hydrogens is 246 g/mol. The number of rotatable bonds is 5. The fourth-order valence-electron chi connectivity index (χ4n) is 1.69. The van der Waals surface area contributed by atoms with Crippen LogP contribution in [0.4, 0.5) is 5.69 Å². The largest absolute Gasteiger partial charge is 0.327 e. The molecule has 1 aromatic carbocycles. The van der Waals surface area contributed by atoms with Crippen molar-refractivity contribution in [3.63, 3.8) is 0 Å². The first-order valence-corrected chi connectivity index (χ1v) is 5.85. The van der Waals surface area contributed by atoms with Crippen LogP contribution in [-0.2, 0) is 11.2 Å². The van der Waals surface area contributed by atoms with Crippen LogP contribution in [-0.4, -0.2) is 28.3 Å². The minimum Gasteiger partial charge on any atom is -0.327 e. The fraction of sp³-hybridized carbons (Fsp3) is 0.385. The Bertz CT molecular complexity index is 520. The minimum atomic E-state index is -0.497. The molecule has 0 fully saturated rings. The van der Waals surface area contributed by atoms with Gasteiger partial charge >= 0.3 is 0 Å². The molecule has 0 aromatic heterocycles. The van der Waals surface area contributed by atoms with E-state index in [0.29, 0.717) is 5.56 Å². The van der Waals surface area contributed by atoms with Crippen molar-refractivity contribution in [2.45, 2.75) is 26.3 Å². The van der Waals surface area contributed by atoms with Crippen LogP contribution in [0, 0.1) is 21.4 Å². The second kappa shape index (κ2) is 6.50. The van der Waals surface area contributed by atoms with Crippen molar-refractivity contribution in [1.29, 1.82) is 5.26 Å². The Labute approximate surface area is 111 Å². The van der Waals surface area contributed by atoms with Crippen LogP contribution in [0.25, 0.3) is 0 Å². The maximum absolute atomic E-state index is 12.0. The number of nitriles is 1. The monoisotopic (exact) mass is 261 g/mol. The molecule has 0 aliphatic rings. The number of amides is 1. The Hall–Kier alpha value is -2.42. The van der Waals surface area contributed by atoms with Crippen LogP contribution in [0.15, 0.2) is 24.3 Å². The lowest BCUT2D eigenvalue weighted by atomic mass is 10.1. The van der Waals surface area contributed by atoms with E-state index < -0.39 is 4.92 Å². The summed E-state index contributed by atoms with van der Waals surface area (Å²) < 4.78 is 0. The normalized spacial score (nSPS) is 10.0. The predicted molar refractivity (Wildman–Crippen MR) is 69.3 cm³/mol. The van der Waals surface area contributed by atoms with Gasteiger partial charge < -0.3 is 4.90 Å². The van der Waals surface area contributed by atoms with Gasteiger partial charge in [0, 0.05) is 18.2 Å². The van der Waals surface area contributed by atoms with E-state index in [1.165, 1.54) is 17.0 Å². The second-order valence-electron chi connectivity index (χ2n) is 4.38. The van der Waals surface area contributed by atoms with Crippen LogP contribution in [0.3, 0.4) is 0 Å².